The van der Waals surface area contributed by atoms with E-state index in [0.29, 0.717) is 5.56 Å². The normalized spacial score (nSPS) is 11.2. The predicted octanol–water partition coefficient (Wildman–Crippen LogP) is 3.15. The Labute approximate surface area is 128 Å². The molecule has 0 aromatic heterocycles. The van der Waals surface area contributed by atoms with Crippen LogP contribution in [0, 0.1) is 10.1 Å². The Morgan fingerprint density at radius 1 is 1.27 bits per heavy atom. The molecule has 1 aromatic rings. The van der Waals surface area contributed by atoms with Crippen molar-refractivity contribution >= 4 is 19.3 Å². The van der Waals surface area contributed by atoms with Gasteiger partial charge in [-0.2, -0.15) is 0 Å². The second-order valence-corrected chi connectivity index (χ2v) is 6.26. The van der Waals surface area contributed by atoms with Gasteiger partial charge in [-0.05, 0) is 25.5 Å². The van der Waals surface area contributed by atoms with E-state index in [4.69, 9.17) is 9.05 Å². The summed E-state index contributed by atoms with van der Waals surface area (Å²) >= 11 is 0. The summed E-state index contributed by atoms with van der Waals surface area (Å²) in [7, 11) is -2.24. The number of nitro benzene ring substituents is 1. The third-order valence-corrected chi connectivity index (χ3v) is 4.75. The summed E-state index contributed by atoms with van der Waals surface area (Å²) in [4.78, 5) is 21.9. The number of ether oxygens (including phenoxy) is 1. The molecule has 0 spiro atoms. The first kappa shape index (κ1) is 18.3. The van der Waals surface area contributed by atoms with Crippen LogP contribution < -0.4 is 0 Å². The number of benzene rings is 1. The number of hydrogen-bond donors (Lipinski definition) is 0. The molecule has 0 saturated heterocycles. The summed E-state index contributed by atoms with van der Waals surface area (Å²) < 4.78 is 27.2. The molecule has 1 rings (SSSR count). The molecule has 1 aromatic carbocycles. The molecule has 8 nitrogen and oxygen atoms in total. The zero-order valence-corrected chi connectivity index (χ0v) is 13.5. The van der Waals surface area contributed by atoms with Gasteiger partial charge in [0.05, 0.1) is 31.4 Å². The second-order valence-electron chi connectivity index (χ2n) is 4.20. The molecule has 9 heteroatoms. The van der Waals surface area contributed by atoms with Gasteiger partial charge in [0, 0.05) is 6.07 Å². The average molecular weight is 331 g/mol. The SMILES string of the molecule is CCOP(=O)(Cc1ccc(C(=O)OC)c([N+](=O)[O-])c1)OCC. The van der Waals surface area contributed by atoms with Crippen LogP contribution in [0.25, 0.3) is 0 Å². The minimum atomic E-state index is -3.38. The van der Waals surface area contributed by atoms with Crippen molar-refractivity contribution in [1.29, 1.82) is 0 Å². The number of esters is 1. The van der Waals surface area contributed by atoms with Crippen molar-refractivity contribution in [3.63, 3.8) is 0 Å². The molecule has 0 radical (unpaired) electrons. The Balaban J connectivity index is 3.16. The molecule has 0 heterocycles. The first-order valence-corrected chi connectivity index (χ1v) is 8.33. The Morgan fingerprint density at radius 3 is 2.32 bits per heavy atom. The van der Waals surface area contributed by atoms with Crippen LogP contribution in [0.4, 0.5) is 5.69 Å². The van der Waals surface area contributed by atoms with E-state index in [1.807, 2.05) is 0 Å². The first-order valence-electron chi connectivity index (χ1n) is 6.60. The molecule has 0 atom stereocenters. The summed E-state index contributed by atoms with van der Waals surface area (Å²) in [5.41, 5.74) is -0.201. The largest absolute Gasteiger partial charge is 0.465 e. The Bertz CT molecular complexity index is 592. The van der Waals surface area contributed by atoms with E-state index in [9.17, 15) is 19.5 Å². The van der Waals surface area contributed by atoms with Crippen LogP contribution in [0.15, 0.2) is 18.2 Å². The number of hydrogen-bond acceptors (Lipinski definition) is 7. The Kier molecular flexibility index (Phi) is 6.67. The molecule has 0 aliphatic carbocycles. The maximum Gasteiger partial charge on any atom is 0.344 e. The summed E-state index contributed by atoms with van der Waals surface area (Å²) in [6, 6.07) is 3.91. The fourth-order valence-corrected chi connectivity index (χ4v) is 3.54. The molecule has 0 saturated carbocycles. The van der Waals surface area contributed by atoms with Crippen molar-refractivity contribution in [3.8, 4) is 0 Å². The van der Waals surface area contributed by atoms with Gasteiger partial charge < -0.3 is 13.8 Å². The van der Waals surface area contributed by atoms with Gasteiger partial charge in [-0.1, -0.05) is 6.07 Å². The lowest BCUT2D eigenvalue weighted by molar-refractivity contribution is -0.385. The topological polar surface area (TPSA) is 105 Å². The quantitative estimate of drug-likeness (QED) is 0.312. The molecule has 0 aliphatic heterocycles. The molecule has 0 bridgehead atoms. The highest BCUT2D eigenvalue weighted by Gasteiger charge is 2.27. The molecule has 22 heavy (non-hydrogen) atoms. The summed E-state index contributed by atoms with van der Waals surface area (Å²) in [6.45, 7) is 3.74. The minimum absolute atomic E-state index is 0.114. The molecule has 0 fully saturated rings. The van der Waals surface area contributed by atoms with Crippen molar-refractivity contribution in [1.82, 2.24) is 0 Å². The number of nitro groups is 1. The molecule has 0 N–H and O–H groups in total. The standard InChI is InChI=1S/C13H18NO7P/c1-4-20-22(18,21-5-2)9-10-6-7-11(13(15)19-3)12(8-10)14(16)17/h6-8H,4-5,9H2,1-3H3. The fraction of sp³-hybridized carbons (Fsp3) is 0.462. The van der Waals surface area contributed by atoms with Gasteiger partial charge in [-0.25, -0.2) is 4.79 Å². The van der Waals surface area contributed by atoms with E-state index in [2.05, 4.69) is 4.74 Å². The van der Waals surface area contributed by atoms with Gasteiger partial charge in [-0.3, -0.25) is 14.7 Å². The molecular formula is C13H18NO7P. The third kappa shape index (κ3) is 4.62. The summed E-state index contributed by atoms with van der Waals surface area (Å²) in [5, 5.41) is 11.1. The van der Waals surface area contributed by atoms with Gasteiger partial charge in [-0.15, -0.1) is 0 Å². The van der Waals surface area contributed by atoms with E-state index in [0.717, 1.165) is 7.11 Å². The second kappa shape index (κ2) is 8.03. The zero-order valence-electron chi connectivity index (χ0n) is 12.6. The van der Waals surface area contributed by atoms with Gasteiger partial charge in [0.2, 0.25) is 0 Å². The number of rotatable bonds is 8. The predicted molar refractivity (Wildman–Crippen MR) is 79.0 cm³/mol. The van der Waals surface area contributed by atoms with Crippen LogP contribution >= 0.6 is 7.60 Å². The number of nitrogens with zero attached hydrogens (tertiary/aromatic N) is 1. The monoisotopic (exact) mass is 331 g/mol. The smallest absolute Gasteiger partial charge is 0.344 e. The van der Waals surface area contributed by atoms with Crippen molar-refractivity contribution < 1.29 is 28.1 Å². The van der Waals surface area contributed by atoms with E-state index in [1.54, 1.807) is 13.8 Å². The van der Waals surface area contributed by atoms with Crippen LogP contribution in [0.3, 0.4) is 0 Å². The molecule has 122 valence electrons. The summed E-state index contributed by atoms with van der Waals surface area (Å²) in [5.74, 6) is -0.809. The van der Waals surface area contributed by atoms with Gasteiger partial charge in [0.1, 0.15) is 5.56 Å². The first-order chi connectivity index (χ1) is 10.4. The number of carbonyl (C=O) groups is 1. The highest BCUT2D eigenvalue weighted by Crippen LogP contribution is 2.51. The van der Waals surface area contributed by atoms with Crippen molar-refractivity contribution in [2.45, 2.75) is 20.0 Å². The fourth-order valence-electron chi connectivity index (χ4n) is 1.85. The van der Waals surface area contributed by atoms with Crippen LogP contribution in [0.1, 0.15) is 29.8 Å². The van der Waals surface area contributed by atoms with E-state index in [1.165, 1.54) is 18.2 Å². The lowest BCUT2D eigenvalue weighted by atomic mass is 10.1. The van der Waals surface area contributed by atoms with E-state index >= 15 is 0 Å². The molecule has 0 unspecified atom stereocenters. The van der Waals surface area contributed by atoms with Gasteiger partial charge >= 0.3 is 13.6 Å². The van der Waals surface area contributed by atoms with E-state index < -0.39 is 24.2 Å². The molecule has 0 aliphatic rings. The van der Waals surface area contributed by atoms with Crippen LogP contribution in [-0.2, 0) is 24.5 Å². The number of carbonyl (C=O) groups excluding carboxylic acids is 1. The van der Waals surface area contributed by atoms with Crippen LogP contribution in [0.5, 0.6) is 0 Å². The van der Waals surface area contributed by atoms with Crippen molar-refractivity contribution in [2.24, 2.45) is 0 Å². The Morgan fingerprint density at radius 2 is 1.86 bits per heavy atom. The maximum absolute atomic E-state index is 12.4. The minimum Gasteiger partial charge on any atom is -0.465 e. The average Bonchev–Trinajstić information content (AvgIpc) is 2.46. The highest BCUT2D eigenvalue weighted by molar-refractivity contribution is 7.53. The van der Waals surface area contributed by atoms with Crippen molar-refractivity contribution in [2.75, 3.05) is 20.3 Å². The summed E-state index contributed by atoms with van der Waals surface area (Å²) in [6.07, 6.45) is -0.114. The molecule has 0 amide bonds. The van der Waals surface area contributed by atoms with Crippen molar-refractivity contribution in [3.05, 3.63) is 39.4 Å². The lowest BCUT2D eigenvalue weighted by Gasteiger charge is -2.17. The lowest BCUT2D eigenvalue weighted by Crippen LogP contribution is -2.07. The molecular weight excluding hydrogens is 313 g/mol. The zero-order chi connectivity index (χ0) is 16.8. The third-order valence-electron chi connectivity index (χ3n) is 2.69. The highest BCUT2D eigenvalue weighted by atomic mass is 31.2. The number of methoxy groups -OCH3 is 1. The van der Waals surface area contributed by atoms with Crippen LogP contribution in [-0.4, -0.2) is 31.2 Å². The van der Waals surface area contributed by atoms with E-state index in [-0.39, 0.29) is 24.9 Å². The van der Waals surface area contributed by atoms with Gasteiger partial charge in [0.15, 0.2) is 0 Å². The van der Waals surface area contributed by atoms with Gasteiger partial charge in [0.25, 0.3) is 5.69 Å². The maximum atomic E-state index is 12.4. The Hall–Kier alpha value is -1.76. The van der Waals surface area contributed by atoms with Crippen LogP contribution in [0.2, 0.25) is 0 Å².